The molecule has 0 unspecified atom stereocenters. The van der Waals surface area contributed by atoms with Crippen LogP contribution in [0, 0.1) is 6.92 Å². The molecular formula is C22H26N4O3S2. The van der Waals surface area contributed by atoms with E-state index in [0.29, 0.717) is 46.0 Å². The molecule has 2 aromatic heterocycles. The summed E-state index contributed by atoms with van der Waals surface area (Å²) < 4.78 is 7.52. The van der Waals surface area contributed by atoms with Gasteiger partial charge in [0.15, 0.2) is 0 Å². The second-order valence-corrected chi connectivity index (χ2v) is 9.07. The van der Waals surface area contributed by atoms with E-state index in [9.17, 15) is 9.59 Å². The lowest BCUT2D eigenvalue weighted by Crippen LogP contribution is -2.28. The first-order valence-corrected chi connectivity index (χ1v) is 11.3. The van der Waals surface area contributed by atoms with E-state index in [0.717, 1.165) is 12.0 Å². The molecule has 0 bridgehead atoms. The van der Waals surface area contributed by atoms with E-state index < -0.39 is 0 Å². The van der Waals surface area contributed by atoms with Gasteiger partial charge in [0, 0.05) is 25.9 Å². The van der Waals surface area contributed by atoms with Gasteiger partial charge in [-0.3, -0.25) is 18.9 Å². The van der Waals surface area contributed by atoms with Gasteiger partial charge >= 0.3 is 0 Å². The number of pyridine rings is 1. The average molecular weight is 459 g/mol. The Morgan fingerprint density at radius 1 is 1.35 bits per heavy atom. The van der Waals surface area contributed by atoms with Crippen LogP contribution < -0.4 is 10.9 Å². The molecule has 0 atom stereocenters. The van der Waals surface area contributed by atoms with Crippen molar-refractivity contribution >= 4 is 51.7 Å². The number of aromatic nitrogens is 2. The highest BCUT2D eigenvalue weighted by molar-refractivity contribution is 8.26. The number of hydrogen-bond donors (Lipinski definition) is 1. The third-order valence-corrected chi connectivity index (χ3v) is 5.91. The van der Waals surface area contributed by atoms with Gasteiger partial charge in [0.2, 0.25) is 0 Å². The molecule has 1 amide bonds. The van der Waals surface area contributed by atoms with Crippen molar-refractivity contribution in [1.29, 1.82) is 0 Å². The Bertz CT molecular complexity index is 1110. The maximum Gasteiger partial charge on any atom is 0.267 e. The molecule has 9 heteroatoms. The van der Waals surface area contributed by atoms with E-state index in [1.807, 2.05) is 26.8 Å². The Balaban J connectivity index is 1.98. The first kappa shape index (κ1) is 23.2. The smallest absolute Gasteiger partial charge is 0.267 e. The van der Waals surface area contributed by atoms with E-state index in [4.69, 9.17) is 17.0 Å². The number of carbonyl (C=O) groups excluding carboxylic acids is 1. The molecule has 0 saturated carbocycles. The van der Waals surface area contributed by atoms with Crippen LogP contribution in [0.5, 0.6) is 0 Å². The van der Waals surface area contributed by atoms with Gasteiger partial charge in [0.25, 0.3) is 11.5 Å². The number of nitrogens with zero attached hydrogens (tertiary/aromatic N) is 3. The van der Waals surface area contributed by atoms with E-state index in [-0.39, 0.29) is 17.6 Å². The van der Waals surface area contributed by atoms with Crippen LogP contribution in [-0.2, 0) is 9.53 Å². The lowest BCUT2D eigenvalue weighted by Gasteiger charge is -2.12. The van der Waals surface area contributed by atoms with Gasteiger partial charge in [-0.15, -0.1) is 6.58 Å². The zero-order chi connectivity index (χ0) is 22.5. The van der Waals surface area contributed by atoms with Crippen molar-refractivity contribution in [2.75, 3.05) is 25.0 Å². The molecule has 1 aliphatic rings. The Morgan fingerprint density at radius 2 is 2.13 bits per heavy atom. The lowest BCUT2D eigenvalue weighted by molar-refractivity contribution is -0.121. The van der Waals surface area contributed by atoms with Gasteiger partial charge in [-0.25, -0.2) is 4.98 Å². The molecule has 0 aliphatic carbocycles. The Kier molecular flexibility index (Phi) is 7.64. The van der Waals surface area contributed by atoms with Crippen LogP contribution in [0.25, 0.3) is 11.7 Å². The predicted molar refractivity (Wildman–Crippen MR) is 130 cm³/mol. The van der Waals surface area contributed by atoms with Crippen molar-refractivity contribution in [3.8, 4) is 0 Å². The van der Waals surface area contributed by atoms with E-state index in [2.05, 4.69) is 16.9 Å². The second-order valence-electron chi connectivity index (χ2n) is 7.39. The molecule has 0 aromatic carbocycles. The topological polar surface area (TPSA) is 75.9 Å². The van der Waals surface area contributed by atoms with Crippen molar-refractivity contribution in [3.05, 3.63) is 57.4 Å². The van der Waals surface area contributed by atoms with Crippen LogP contribution in [0.1, 0.15) is 31.4 Å². The van der Waals surface area contributed by atoms with Crippen LogP contribution in [0.2, 0.25) is 0 Å². The van der Waals surface area contributed by atoms with Crippen LogP contribution in [-0.4, -0.2) is 50.3 Å². The molecule has 3 heterocycles. The maximum atomic E-state index is 13.3. The molecule has 0 spiro atoms. The van der Waals surface area contributed by atoms with Gasteiger partial charge < -0.3 is 10.1 Å². The number of carbonyl (C=O) groups is 1. The number of aryl methyl sites for hydroxylation is 1. The molecule has 7 nitrogen and oxygen atoms in total. The lowest BCUT2D eigenvalue weighted by atomic mass is 10.2. The van der Waals surface area contributed by atoms with Crippen LogP contribution in [0.15, 0.2) is 40.7 Å². The van der Waals surface area contributed by atoms with Crippen molar-refractivity contribution in [3.63, 3.8) is 0 Å². The van der Waals surface area contributed by atoms with Gasteiger partial charge in [0.05, 0.1) is 16.6 Å². The Labute approximate surface area is 191 Å². The fourth-order valence-corrected chi connectivity index (χ4v) is 4.30. The van der Waals surface area contributed by atoms with E-state index >= 15 is 0 Å². The van der Waals surface area contributed by atoms with Gasteiger partial charge in [-0.1, -0.05) is 36.1 Å². The monoisotopic (exact) mass is 458 g/mol. The summed E-state index contributed by atoms with van der Waals surface area (Å²) in [6.45, 7) is 11.1. The molecule has 1 aliphatic heterocycles. The number of anilines is 1. The molecule has 0 radical (unpaired) electrons. The summed E-state index contributed by atoms with van der Waals surface area (Å²) in [5, 5.41) is 3.24. The summed E-state index contributed by atoms with van der Waals surface area (Å²) >= 11 is 6.48. The SMILES string of the molecule is C=CCN1C(=O)C(=Cc2c(NCCCOC(C)C)nc3ccc(C)cn3c2=O)SC1=S. The minimum absolute atomic E-state index is 0.166. The van der Waals surface area contributed by atoms with Crippen molar-refractivity contribution in [2.45, 2.75) is 33.3 Å². The number of thiocarbonyl (C=S) groups is 1. The zero-order valence-corrected chi connectivity index (χ0v) is 19.5. The minimum atomic E-state index is -0.247. The number of nitrogens with one attached hydrogen (secondary N) is 1. The molecule has 1 N–H and O–H groups in total. The maximum absolute atomic E-state index is 13.3. The van der Waals surface area contributed by atoms with Crippen molar-refractivity contribution in [1.82, 2.24) is 14.3 Å². The Morgan fingerprint density at radius 3 is 2.84 bits per heavy atom. The summed E-state index contributed by atoms with van der Waals surface area (Å²) in [5.74, 6) is 0.201. The van der Waals surface area contributed by atoms with Crippen molar-refractivity contribution < 1.29 is 9.53 Å². The molecule has 3 rings (SSSR count). The minimum Gasteiger partial charge on any atom is -0.379 e. The number of thioether (sulfide) groups is 1. The average Bonchev–Trinajstić information content (AvgIpc) is 2.98. The standard InChI is InChI=1S/C22H26N4O3S2/c1-5-10-25-21(28)17(31-22(25)30)12-16-19(23-9-6-11-29-14(2)3)24-18-8-7-15(4)13-26(18)20(16)27/h5,7-8,12-14,23H,1,6,9-11H2,2-4H3. The van der Waals surface area contributed by atoms with Gasteiger partial charge in [-0.05, 0) is 44.9 Å². The van der Waals surface area contributed by atoms with Crippen molar-refractivity contribution in [2.24, 2.45) is 0 Å². The zero-order valence-electron chi connectivity index (χ0n) is 17.9. The number of fused-ring (bicyclic) bond motifs is 1. The van der Waals surface area contributed by atoms with Crippen LogP contribution in [0.4, 0.5) is 5.82 Å². The van der Waals surface area contributed by atoms with E-state index in [1.165, 1.54) is 21.1 Å². The number of amides is 1. The third-order valence-electron chi connectivity index (χ3n) is 4.53. The highest BCUT2D eigenvalue weighted by Gasteiger charge is 2.31. The molecule has 2 aromatic rings. The fourth-order valence-electron chi connectivity index (χ4n) is 3.04. The summed E-state index contributed by atoms with van der Waals surface area (Å²) in [6, 6.07) is 3.71. The summed E-state index contributed by atoms with van der Waals surface area (Å²) in [7, 11) is 0. The largest absolute Gasteiger partial charge is 0.379 e. The molecule has 1 fully saturated rings. The molecule has 164 valence electrons. The summed E-state index contributed by atoms with van der Waals surface area (Å²) in [6.07, 6.45) is 5.87. The highest BCUT2D eigenvalue weighted by atomic mass is 32.2. The normalized spacial score (nSPS) is 15.5. The van der Waals surface area contributed by atoms with Crippen LogP contribution >= 0.6 is 24.0 Å². The van der Waals surface area contributed by atoms with Gasteiger partial charge in [0.1, 0.15) is 15.8 Å². The van der Waals surface area contributed by atoms with Gasteiger partial charge in [-0.2, -0.15) is 0 Å². The fraction of sp³-hybridized carbons (Fsp3) is 0.364. The highest BCUT2D eigenvalue weighted by Crippen LogP contribution is 2.32. The quantitative estimate of drug-likeness (QED) is 0.266. The number of hydrogen-bond acceptors (Lipinski definition) is 7. The predicted octanol–water partition coefficient (Wildman–Crippen LogP) is 3.62. The summed E-state index contributed by atoms with van der Waals surface area (Å²) in [4.78, 5) is 32.5. The first-order chi connectivity index (χ1) is 14.8. The van der Waals surface area contributed by atoms with Crippen LogP contribution in [0.3, 0.4) is 0 Å². The number of rotatable bonds is 9. The van der Waals surface area contributed by atoms with E-state index in [1.54, 1.807) is 24.4 Å². The Hall–Kier alpha value is -2.49. The third kappa shape index (κ3) is 5.41. The summed E-state index contributed by atoms with van der Waals surface area (Å²) in [5.41, 5.74) is 1.55. The number of ether oxygens (including phenoxy) is 1. The molecule has 31 heavy (non-hydrogen) atoms. The first-order valence-electron chi connectivity index (χ1n) is 10.1. The molecular weight excluding hydrogens is 432 g/mol. The second kappa shape index (κ2) is 10.2. The molecule has 1 saturated heterocycles.